The lowest BCUT2D eigenvalue weighted by molar-refractivity contribution is 1.02. The average molecular weight is 237 g/mol. The fraction of sp³-hybridized carbons (Fsp3) is 0.583. The number of hydrogen-bond donors (Lipinski definition) is 0. The predicted molar refractivity (Wildman–Crippen MR) is 73.6 cm³/mol. The molecule has 0 atom stereocenters. The van der Waals surface area contributed by atoms with Crippen LogP contribution in [-0.2, 0) is 6.42 Å². The van der Waals surface area contributed by atoms with Crippen LogP contribution in [0.3, 0.4) is 0 Å². The lowest BCUT2D eigenvalue weighted by atomic mass is 10.3. The van der Waals surface area contributed by atoms with Crippen molar-refractivity contribution in [3.8, 4) is 0 Å². The van der Waals surface area contributed by atoms with E-state index in [1.165, 1.54) is 18.2 Å². The number of nitrogens with zero attached hydrogens (tertiary/aromatic N) is 1. The summed E-state index contributed by atoms with van der Waals surface area (Å²) in [6.07, 6.45) is 3.07. The van der Waals surface area contributed by atoms with E-state index in [1.807, 2.05) is 12.3 Å². The molecule has 0 amide bonds. The van der Waals surface area contributed by atoms with Crippen molar-refractivity contribution in [2.75, 3.05) is 0 Å². The summed E-state index contributed by atoms with van der Waals surface area (Å²) >= 11 is 0. The van der Waals surface area contributed by atoms with Gasteiger partial charge in [-0.2, -0.15) is 0 Å². The van der Waals surface area contributed by atoms with Gasteiger partial charge >= 0.3 is 0 Å². The van der Waals surface area contributed by atoms with Gasteiger partial charge < -0.3 is 0 Å². The maximum Gasteiger partial charge on any atom is 0.0414 e. The number of aromatic nitrogens is 1. The second-order valence-electron chi connectivity index (χ2n) is 5.95. The Labute approximate surface area is 95.8 Å². The molecule has 0 saturated heterocycles. The van der Waals surface area contributed by atoms with Crippen LogP contribution in [0.25, 0.3) is 0 Å². The monoisotopic (exact) mass is 237 g/mol. The Kier molecular flexibility index (Phi) is 3.89. The molecule has 0 aromatic carbocycles. The van der Waals surface area contributed by atoms with Crippen molar-refractivity contribution >= 4 is 15.2 Å². The highest BCUT2D eigenvalue weighted by Crippen LogP contribution is 2.24. The first kappa shape index (κ1) is 12.7. The van der Waals surface area contributed by atoms with Crippen molar-refractivity contribution in [2.24, 2.45) is 0 Å². The fourth-order valence-corrected chi connectivity index (χ4v) is 5.62. The third-order valence-electron chi connectivity index (χ3n) is 3.76. The molecule has 1 nitrogen and oxygen atoms in total. The minimum Gasteiger partial charge on any atom is -0.261 e. The van der Waals surface area contributed by atoms with Crippen LogP contribution in [0.4, 0.5) is 0 Å². The Morgan fingerprint density at radius 1 is 1.07 bits per heavy atom. The third-order valence-corrected chi connectivity index (χ3v) is 22.3. The van der Waals surface area contributed by atoms with Crippen molar-refractivity contribution in [3.63, 3.8) is 0 Å². The van der Waals surface area contributed by atoms with Crippen molar-refractivity contribution in [2.45, 2.75) is 45.2 Å². The first-order valence-electron chi connectivity index (χ1n) is 5.73. The normalized spacial score (nSPS) is 12.9. The molecule has 1 heterocycles. The molecule has 0 spiro atoms. The summed E-state index contributed by atoms with van der Waals surface area (Å²) in [6, 6.07) is 7.62. The van der Waals surface area contributed by atoms with Crippen LogP contribution >= 0.6 is 0 Å². The zero-order valence-corrected chi connectivity index (χ0v) is 12.7. The summed E-state index contributed by atoms with van der Waals surface area (Å²) in [5.41, 5.74) is 1.26. The highest BCUT2D eigenvalue weighted by atomic mass is 29.3. The van der Waals surface area contributed by atoms with Crippen LogP contribution in [0.1, 0.15) is 5.69 Å². The first-order valence-corrected chi connectivity index (χ1v) is 13.4. The molecule has 0 aliphatic carbocycles. The van der Waals surface area contributed by atoms with Crippen LogP contribution in [0.5, 0.6) is 0 Å². The number of hydrogen-bond acceptors (Lipinski definition) is 1. The second kappa shape index (κ2) is 4.62. The maximum atomic E-state index is 4.40. The quantitative estimate of drug-likeness (QED) is 0.727. The molecule has 3 heteroatoms. The van der Waals surface area contributed by atoms with Crippen LogP contribution in [0.2, 0.25) is 38.8 Å². The van der Waals surface area contributed by atoms with Gasteiger partial charge in [-0.3, -0.25) is 4.98 Å². The minimum atomic E-state index is -0.989. The average Bonchev–Trinajstić information content (AvgIpc) is 2.15. The van der Waals surface area contributed by atoms with E-state index < -0.39 is 15.2 Å². The molecule has 0 unspecified atom stereocenters. The number of pyridine rings is 1. The zero-order chi connectivity index (χ0) is 11.5. The van der Waals surface area contributed by atoms with E-state index in [9.17, 15) is 0 Å². The SMILES string of the molecule is C[Si](C)(C)[Si](C)(C)CCc1ccccn1. The van der Waals surface area contributed by atoms with Crippen LogP contribution < -0.4 is 0 Å². The Balaban J connectivity index is 2.58. The highest BCUT2D eigenvalue weighted by Gasteiger charge is 2.35. The standard InChI is InChI=1S/C12H23NSi2/c1-14(2,3)15(4,5)11-9-12-8-6-7-10-13-12/h6-8,10H,9,11H2,1-5H3. The van der Waals surface area contributed by atoms with Gasteiger partial charge in [0.15, 0.2) is 0 Å². The molecular formula is C12H23NSi2. The van der Waals surface area contributed by atoms with E-state index >= 15 is 0 Å². The molecule has 0 saturated carbocycles. The van der Waals surface area contributed by atoms with Gasteiger partial charge in [-0.1, -0.05) is 44.8 Å². The third kappa shape index (κ3) is 3.57. The largest absolute Gasteiger partial charge is 0.261 e. The van der Waals surface area contributed by atoms with Gasteiger partial charge in [-0.05, 0) is 18.6 Å². The van der Waals surface area contributed by atoms with Gasteiger partial charge in [0.2, 0.25) is 0 Å². The van der Waals surface area contributed by atoms with E-state index in [1.54, 1.807) is 0 Å². The van der Waals surface area contributed by atoms with E-state index in [2.05, 4.69) is 49.9 Å². The lowest BCUT2D eigenvalue weighted by Gasteiger charge is -2.35. The van der Waals surface area contributed by atoms with E-state index in [0.29, 0.717) is 0 Å². The topological polar surface area (TPSA) is 12.9 Å². The Morgan fingerprint density at radius 2 is 1.73 bits per heavy atom. The summed E-state index contributed by atoms with van der Waals surface area (Å²) in [4.78, 5) is 4.40. The van der Waals surface area contributed by atoms with Gasteiger partial charge in [0, 0.05) is 27.1 Å². The highest BCUT2D eigenvalue weighted by molar-refractivity contribution is 7.40. The van der Waals surface area contributed by atoms with Crippen molar-refractivity contribution in [1.29, 1.82) is 0 Å². The lowest BCUT2D eigenvalue weighted by Crippen LogP contribution is -2.52. The predicted octanol–water partition coefficient (Wildman–Crippen LogP) is 3.75. The van der Waals surface area contributed by atoms with Crippen molar-refractivity contribution in [3.05, 3.63) is 30.1 Å². The van der Waals surface area contributed by atoms with Crippen molar-refractivity contribution < 1.29 is 0 Å². The van der Waals surface area contributed by atoms with Gasteiger partial charge in [0.25, 0.3) is 0 Å². The first-order chi connectivity index (χ1) is 6.83. The van der Waals surface area contributed by atoms with Crippen LogP contribution in [-0.4, -0.2) is 20.2 Å². The smallest absolute Gasteiger partial charge is 0.0414 e. The summed E-state index contributed by atoms with van der Waals surface area (Å²) in [6.45, 7) is 12.6. The van der Waals surface area contributed by atoms with Crippen LogP contribution in [0, 0.1) is 0 Å². The van der Waals surface area contributed by atoms with Gasteiger partial charge in [0.1, 0.15) is 0 Å². The molecule has 0 N–H and O–H groups in total. The summed E-state index contributed by atoms with van der Waals surface area (Å²) in [7, 11) is -1.92. The molecule has 0 bridgehead atoms. The van der Waals surface area contributed by atoms with Crippen molar-refractivity contribution in [1.82, 2.24) is 4.98 Å². The molecule has 1 aromatic rings. The summed E-state index contributed by atoms with van der Waals surface area (Å²) in [5, 5.41) is 0. The zero-order valence-electron chi connectivity index (χ0n) is 10.7. The Morgan fingerprint density at radius 3 is 2.20 bits per heavy atom. The molecule has 0 fully saturated rings. The van der Waals surface area contributed by atoms with Gasteiger partial charge in [0.05, 0.1) is 0 Å². The van der Waals surface area contributed by atoms with E-state index in [4.69, 9.17) is 0 Å². The maximum absolute atomic E-state index is 4.40. The van der Waals surface area contributed by atoms with E-state index in [0.717, 1.165) is 0 Å². The van der Waals surface area contributed by atoms with Crippen LogP contribution in [0.15, 0.2) is 24.4 Å². The fourth-order valence-electron chi connectivity index (χ4n) is 1.36. The number of aryl methyl sites for hydroxylation is 1. The van der Waals surface area contributed by atoms with Gasteiger partial charge in [-0.15, -0.1) is 0 Å². The molecule has 84 valence electrons. The van der Waals surface area contributed by atoms with Gasteiger partial charge in [-0.25, -0.2) is 0 Å². The molecule has 1 aromatic heterocycles. The second-order valence-corrected chi connectivity index (χ2v) is 23.3. The molecule has 1 rings (SSSR count). The summed E-state index contributed by atoms with van der Waals surface area (Å²) < 4.78 is 0. The Bertz CT molecular complexity index is 301. The Hall–Kier alpha value is -0.416. The number of rotatable bonds is 4. The molecule has 0 aliphatic rings. The molecular weight excluding hydrogens is 214 g/mol. The summed E-state index contributed by atoms with van der Waals surface area (Å²) in [5.74, 6) is 0. The molecule has 0 radical (unpaired) electrons. The molecule has 15 heavy (non-hydrogen) atoms. The van der Waals surface area contributed by atoms with E-state index in [-0.39, 0.29) is 0 Å². The minimum absolute atomic E-state index is 0.928. The molecule has 0 aliphatic heterocycles.